The molecular formula is C7H15IN2. The summed E-state index contributed by atoms with van der Waals surface area (Å²) in [4.78, 5) is 4.98. The predicted octanol–water partition coefficient (Wildman–Crippen LogP) is 1.36. The van der Waals surface area contributed by atoms with Gasteiger partial charge in [0.2, 0.25) is 0 Å². The van der Waals surface area contributed by atoms with Gasteiger partial charge < -0.3 is 0 Å². The van der Waals surface area contributed by atoms with Crippen LogP contribution in [0.3, 0.4) is 0 Å². The van der Waals surface area contributed by atoms with E-state index in [0.717, 1.165) is 0 Å². The van der Waals surface area contributed by atoms with E-state index in [4.69, 9.17) is 0 Å². The zero-order valence-electron chi connectivity index (χ0n) is 6.68. The third kappa shape index (κ3) is 1.62. The predicted molar refractivity (Wildman–Crippen MR) is 52.3 cm³/mol. The second-order valence-corrected chi connectivity index (χ2v) is 3.68. The van der Waals surface area contributed by atoms with Crippen LogP contribution in [0.1, 0.15) is 13.8 Å². The van der Waals surface area contributed by atoms with Gasteiger partial charge in [-0.2, -0.15) is 0 Å². The van der Waals surface area contributed by atoms with Gasteiger partial charge in [-0.3, -0.25) is 9.80 Å². The van der Waals surface area contributed by atoms with E-state index >= 15 is 0 Å². The highest BCUT2D eigenvalue weighted by molar-refractivity contribution is 14.1. The number of nitrogens with zero attached hydrogens (tertiary/aromatic N) is 2. The molecule has 0 unspecified atom stereocenters. The summed E-state index contributed by atoms with van der Waals surface area (Å²) in [6.45, 7) is 9.32. The lowest BCUT2D eigenvalue weighted by Crippen LogP contribution is -2.33. The molecule has 0 aliphatic carbocycles. The molecule has 0 aromatic heterocycles. The Morgan fingerprint density at radius 2 is 1.60 bits per heavy atom. The molecule has 1 aliphatic rings. The Morgan fingerprint density at radius 1 is 1.20 bits per heavy atom. The summed E-state index contributed by atoms with van der Waals surface area (Å²) < 4.78 is 0.646. The monoisotopic (exact) mass is 254 g/mol. The molecule has 0 spiro atoms. The minimum Gasteiger partial charge on any atom is -0.279 e. The highest BCUT2D eigenvalue weighted by Crippen LogP contribution is 2.18. The van der Waals surface area contributed by atoms with Crippen LogP contribution in [0.4, 0.5) is 0 Å². The number of halogens is 1. The molecule has 1 fully saturated rings. The average Bonchev–Trinajstić information content (AvgIpc) is 2.30. The number of hydrogen-bond acceptors (Lipinski definition) is 2. The van der Waals surface area contributed by atoms with Crippen LogP contribution in [0.15, 0.2) is 0 Å². The molecular weight excluding hydrogens is 239 g/mol. The number of likely N-dealkylation sites (N-methyl/N-ethyl adjacent to an activating group) is 2. The Labute approximate surface area is 76.7 Å². The Hall–Kier alpha value is 0.650. The highest BCUT2D eigenvalue weighted by Gasteiger charge is 2.26. The first-order valence-corrected chi connectivity index (χ1v) is 5.16. The number of rotatable bonds is 2. The molecule has 2 nitrogen and oxygen atoms in total. The molecule has 0 atom stereocenters. The lowest BCUT2D eigenvalue weighted by molar-refractivity contribution is 0.244. The fourth-order valence-electron chi connectivity index (χ4n) is 1.32. The molecule has 0 aromatic rings. The van der Waals surface area contributed by atoms with Crippen LogP contribution in [0, 0.1) is 0 Å². The molecule has 0 saturated carbocycles. The quantitative estimate of drug-likeness (QED) is 0.417. The van der Waals surface area contributed by atoms with E-state index in [1.165, 1.54) is 26.2 Å². The molecule has 0 bridgehead atoms. The molecule has 0 N–H and O–H groups in total. The van der Waals surface area contributed by atoms with Crippen molar-refractivity contribution >= 4 is 22.6 Å². The van der Waals surface area contributed by atoms with Crippen LogP contribution < -0.4 is 0 Å². The van der Waals surface area contributed by atoms with Gasteiger partial charge in [-0.15, -0.1) is 0 Å². The largest absolute Gasteiger partial charge is 0.279 e. The van der Waals surface area contributed by atoms with Crippen LogP contribution >= 0.6 is 22.6 Å². The maximum absolute atomic E-state index is 2.51. The van der Waals surface area contributed by atoms with Crippen molar-refractivity contribution in [3.8, 4) is 0 Å². The molecule has 1 aliphatic heterocycles. The summed E-state index contributed by atoms with van der Waals surface area (Å²) >= 11 is 2.51. The zero-order valence-corrected chi connectivity index (χ0v) is 8.84. The lowest BCUT2D eigenvalue weighted by Gasteiger charge is -2.22. The first kappa shape index (κ1) is 8.74. The van der Waals surface area contributed by atoms with Crippen molar-refractivity contribution in [1.82, 2.24) is 9.80 Å². The summed E-state index contributed by atoms with van der Waals surface area (Å²) in [7, 11) is 0. The standard InChI is InChI=1S/C7H15IN2/c1-3-9-5-6-10(4-2)7(9)8/h7H,3-6H2,1-2H3. The van der Waals surface area contributed by atoms with Gasteiger partial charge in [-0.1, -0.05) is 13.8 Å². The van der Waals surface area contributed by atoms with Crippen LogP contribution in [0.5, 0.6) is 0 Å². The van der Waals surface area contributed by atoms with Gasteiger partial charge in [-0.25, -0.2) is 0 Å². The van der Waals surface area contributed by atoms with E-state index in [9.17, 15) is 0 Å². The number of hydrogen-bond donors (Lipinski definition) is 0. The summed E-state index contributed by atoms with van der Waals surface area (Å²) in [6, 6.07) is 0. The smallest absolute Gasteiger partial charge is 0.116 e. The third-order valence-corrected chi connectivity index (χ3v) is 3.67. The SMILES string of the molecule is CCN1CCN(CC)C1I. The van der Waals surface area contributed by atoms with Gasteiger partial charge in [0.25, 0.3) is 0 Å². The van der Waals surface area contributed by atoms with E-state index in [0.29, 0.717) is 4.17 Å². The van der Waals surface area contributed by atoms with Crippen molar-refractivity contribution in [2.45, 2.75) is 18.0 Å². The summed E-state index contributed by atoms with van der Waals surface area (Å²) in [5.41, 5.74) is 0. The van der Waals surface area contributed by atoms with E-state index in [1.807, 2.05) is 0 Å². The van der Waals surface area contributed by atoms with Crippen molar-refractivity contribution in [1.29, 1.82) is 0 Å². The molecule has 1 heterocycles. The average molecular weight is 254 g/mol. The van der Waals surface area contributed by atoms with Crippen LogP contribution in [0.25, 0.3) is 0 Å². The van der Waals surface area contributed by atoms with Crippen molar-refractivity contribution in [3.05, 3.63) is 0 Å². The van der Waals surface area contributed by atoms with Crippen LogP contribution in [-0.4, -0.2) is 40.2 Å². The minimum absolute atomic E-state index is 0.646. The second kappa shape index (κ2) is 3.88. The lowest BCUT2D eigenvalue weighted by atomic mass is 10.6. The van der Waals surface area contributed by atoms with Gasteiger partial charge in [0.05, 0.1) is 0 Å². The maximum atomic E-state index is 2.51. The molecule has 1 saturated heterocycles. The Morgan fingerprint density at radius 3 is 1.80 bits per heavy atom. The van der Waals surface area contributed by atoms with E-state index in [1.54, 1.807) is 0 Å². The molecule has 0 radical (unpaired) electrons. The van der Waals surface area contributed by atoms with Gasteiger partial charge in [0.15, 0.2) is 0 Å². The molecule has 0 amide bonds. The normalized spacial score (nSPS) is 24.3. The van der Waals surface area contributed by atoms with Gasteiger partial charge in [0, 0.05) is 13.1 Å². The van der Waals surface area contributed by atoms with Crippen molar-refractivity contribution in [2.75, 3.05) is 26.2 Å². The second-order valence-electron chi connectivity index (χ2n) is 2.57. The molecule has 1 rings (SSSR count). The molecule has 3 heteroatoms. The Bertz CT molecular complexity index is 95.8. The topological polar surface area (TPSA) is 6.48 Å². The van der Waals surface area contributed by atoms with E-state index < -0.39 is 0 Å². The third-order valence-electron chi connectivity index (χ3n) is 2.09. The van der Waals surface area contributed by atoms with E-state index in [-0.39, 0.29) is 0 Å². The molecule has 0 aromatic carbocycles. The fourth-order valence-corrected chi connectivity index (χ4v) is 2.66. The van der Waals surface area contributed by atoms with Crippen molar-refractivity contribution in [3.63, 3.8) is 0 Å². The summed E-state index contributed by atoms with van der Waals surface area (Å²) in [5.74, 6) is 0. The Balaban J connectivity index is 2.41. The fraction of sp³-hybridized carbons (Fsp3) is 1.00. The van der Waals surface area contributed by atoms with E-state index in [2.05, 4.69) is 46.2 Å². The zero-order chi connectivity index (χ0) is 7.56. The molecule has 60 valence electrons. The van der Waals surface area contributed by atoms with Crippen LogP contribution in [0.2, 0.25) is 0 Å². The first-order valence-electron chi connectivity index (χ1n) is 3.91. The summed E-state index contributed by atoms with van der Waals surface area (Å²) in [6.07, 6.45) is 0. The van der Waals surface area contributed by atoms with Gasteiger partial charge in [-0.05, 0) is 35.7 Å². The Kier molecular flexibility index (Phi) is 3.39. The first-order chi connectivity index (χ1) is 4.79. The van der Waals surface area contributed by atoms with Crippen LogP contribution in [-0.2, 0) is 0 Å². The van der Waals surface area contributed by atoms with Gasteiger partial charge >= 0.3 is 0 Å². The minimum atomic E-state index is 0.646. The van der Waals surface area contributed by atoms with Crippen molar-refractivity contribution in [2.24, 2.45) is 0 Å². The number of alkyl halides is 1. The molecule has 10 heavy (non-hydrogen) atoms. The highest BCUT2D eigenvalue weighted by atomic mass is 127. The summed E-state index contributed by atoms with van der Waals surface area (Å²) in [5, 5.41) is 0. The van der Waals surface area contributed by atoms with Gasteiger partial charge in [0.1, 0.15) is 4.17 Å². The van der Waals surface area contributed by atoms with Crippen molar-refractivity contribution < 1.29 is 0 Å². The maximum Gasteiger partial charge on any atom is 0.116 e.